The van der Waals surface area contributed by atoms with Gasteiger partial charge >= 0.3 is 0 Å². The van der Waals surface area contributed by atoms with Crippen LogP contribution in [0, 0.1) is 18.6 Å². The molecule has 0 aliphatic rings. The summed E-state index contributed by atoms with van der Waals surface area (Å²) >= 11 is 0. The van der Waals surface area contributed by atoms with Crippen LogP contribution in [0.3, 0.4) is 0 Å². The lowest BCUT2D eigenvalue weighted by atomic mass is 10.1. The molecule has 1 aromatic rings. The number of ketones is 1. The molecule has 94 valence electrons. The first-order valence-electron chi connectivity index (χ1n) is 5.34. The molecule has 0 aliphatic carbocycles. The van der Waals surface area contributed by atoms with E-state index in [0.29, 0.717) is 0 Å². The molecule has 2 nitrogen and oxygen atoms in total. The smallest absolute Gasteiger partial charge is 0.194 e. The van der Waals surface area contributed by atoms with Gasteiger partial charge in [-0.3, -0.25) is 4.79 Å². The number of benzene rings is 1. The number of hydrogen-bond donors (Lipinski definition) is 0. The summed E-state index contributed by atoms with van der Waals surface area (Å²) in [6.07, 6.45) is 0. The third-order valence-corrected chi connectivity index (χ3v) is 2.20. The van der Waals surface area contributed by atoms with E-state index in [-0.39, 0.29) is 12.2 Å². The highest BCUT2D eigenvalue weighted by molar-refractivity contribution is 5.97. The van der Waals surface area contributed by atoms with Gasteiger partial charge in [0.1, 0.15) is 18.2 Å². The van der Waals surface area contributed by atoms with Crippen molar-refractivity contribution in [3.05, 3.63) is 34.9 Å². The minimum Gasteiger partial charge on any atom is -0.368 e. The monoisotopic (exact) mass is 242 g/mol. The van der Waals surface area contributed by atoms with E-state index in [1.807, 2.05) is 0 Å². The summed E-state index contributed by atoms with van der Waals surface area (Å²) in [5.41, 5.74) is -0.799. The molecule has 1 rings (SSSR count). The van der Waals surface area contributed by atoms with Gasteiger partial charge in [-0.1, -0.05) is 6.07 Å². The van der Waals surface area contributed by atoms with Crippen molar-refractivity contribution in [1.82, 2.24) is 0 Å². The summed E-state index contributed by atoms with van der Waals surface area (Å²) in [5, 5.41) is 0. The summed E-state index contributed by atoms with van der Waals surface area (Å²) in [6, 6.07) is 2.38. The van der Waals surface area contributed by atoms with Crippen LogP contribution in [-0.4, -0.2) is 18.0 Å². The van der Waals surface area contributed by atoms with E-state index in [1.54, 1.807) is 20.8 Å². The highest BCUT2D eigenvalue weighted by Crippen LogP contribution is 2.18. The van der Waals surface area contributed by atoms with Gasteiger partial charge in [-0.2, -0.15) is 0 Å². The fourth-order valence-electron chi connectivity index (χ4n) is 1.27. The third-order valence-electron chi connectivity index (χ3n) is 2.20. The zero-order valence-electron chi connectivity index (χ0n) is 10.4. The average molecular weight is 242 g/mol. The standard InChI is InChI=1S/C13H16F2O2/c1-8-5-6-9(14)11(12(8)15)10(16)7-17-13(2,3)4/h5-6H,7H2,1-4H3. The molecule has 0 saturated carbocycles. The highest BCUT2D eigenvalue weighted by atomic mass is 19.1. The van der Waals surface area contributed by atoms with Gasteiger partial charge in [-0.25, -0.2) is 8.78 Å². The van der Waals surface area contributed by atoms with Gasteiger partial charge in [0.05, 0.1) is 11.2 Å². The lowest BCUT2D eigenvalue weighted by Gasteiger charge is -2.19. The molecule has 0 fully saturated rings. The maximum Gasteiger partial charge on any atom is 0.194 e. The Kier molecular flexibility index (Phi) is 3.98. The van der Waals surface area contributed by atoms with Gasteiger partial charge in [0.15, 0.2) is 5.78 Å². The molecule has 0 heterocycles. The molecule has 4 heteroatoms. The van der Waals surface area contributed by atoms with Crippen molar-refractivity contribution >= 4 is 5.78 Å². The van der Waals surface area contributed by atoms with E-state index >= 15 is 0 Å². The van der Waals surface area contributed by atoms with Crippen molar-refractivity contribution in [2.45, 2.75) is 33.3 Å². The first-order chi connectivity index (χ1) is 7.72. The quantitative estimate of drug-likeness (QED) is 0.760. The second-order valence-corrected chi connectivity index (χ2v) is 4.88. The molecule has 0 amide bonds. The second kappa shape index (κ2) is 4.92. The summed E-state index contributed by atoms with van der Waals surface area (Å²) in [5.74, 6) is -2.35. The normalized spacial score (nSPS) is 11.6. The molecule has 0 aromatic heterocycles. The van der Waals surface area contributed by atoms with Crippen LogP contribution < -0.4 is 0 Å². The maximum atomic E-state index is 13.6. The van der Waals surface area contributed by atoms with Gasteiger partial charge in [0, 0.05) is 0 Å². The van der Waals surface area contributed by atoms with Crippen LogP contribution in [0.2, 0.25) is 0 Å². The van der Waals surface area contributed by atoms with Crippen LogP contribution in [0.1, 0.15) is 36.7 Å². The minimum atomic E-state index is -0.851. The number of halogens is 2. The summed E-state index contributed by atoms with van der Waals surface area (Å²) in [4.78, 5) is 11.7. The van der Waals surface area contributed by atoms with E-state index in [4.69, 9.17) is 4.74 Å². The van der Waals surface area contributed by atoms with E-state index in [1.165, 1.54) is 13.0 Å². The van der Waals surface area contributed by atoms with E-state index in [2.05, 4.69) is 0 Å². The predicted octanol–water partition coefficient (Wildman–Crippen LogP) is 3.27. The molecule has 0 saturated heterocycles. The molecule has 1 aromatic carbocycles. The molecule has 0 radical (unpaired) electrons. The Balaban J connectivity index is 2.93. The first kappa shape index (κ1) is 13.8. The van der Waals surface area contributed by atoms with Crippen LogP contribution in [0.25, 0.3) is 0 Å². The first-order valence-corrected chi connectivity index (χ1v) is 5.34. The van der Waals surface area contributed by atoms with Crippen molar-refractivity contribution in [2.24, 2.45) is 0 Å². The topological polar surface area (TPSA) is 26.3 Å². The van der Waals surface area contributed by atoms with Crippen LogP contribution >= 0.6 is 0 Å². The molecular formula is C13H16F2O2. The average Bonchev–Trinajstić information content (AvgIpc) is 2.20. The molecule has 0 N–H and O–H groups in total. The van der Waals surface area contributed by atoms with Crippen molar-refractivity contribution in [2.75, 3.05) is 6.61 Å². The zero-order chi connectivity index (χ0) is 13.2. The largest absolute Gasteiger partial charge is 0.368 e. The molecule has 17 heavy (non-hydrogen) atoms. The fourth-order valence-corrected chi connectivity index (χ4v) is 1.27. The van der Waals surface area contributed by atoms with Crippen molar-refractivity contribution in [1.29, 1.82) is 0 Å². The number of aryl methyl sites for hydroxylation is 1. The Morgan fingerprint density at radius 2 is 1.88 bits per heavy atom. The maximum absolute atomic E-state index is 13.6. The fraction of sp³-hybridized carbons (Fsp3) is 0.462. The molecular weight excluding hydrogens is 226 g/mol. The Bertz CT molecular complexity index is 434. The van der Waals surface area contributed by atoms with Crippen LogP contribution in [0.5, 0.6) is 0 Å². The van der Waals surface area contributed by atoms with Crippen molar-refractivity contribution < 1.29 is 18.3 Å². The molecule has 0 bridgehead atoms. The van der Waals surface area contributed by atoms with E-state index < -0.39 is 28.6 Å². The number of Topliss-reactive ketones (excluding diaryl/α,β-unsaturated/α-hetero) is 1. The van der Waals surface area contributed by atoms with Gasteiger partial charge in [0.2, 0.25) is 0 Å². The predicted molar refractivity (Wildman–Crippen MR) is 61.1 cm³/mol. The highest BCUT2D eigenvalue weighted by Gasteiger charge is 2.21. The third kappa shape index (κ3) is 3.60. The molecule has 0 atom stereocenters. The Morgan fingerprint density at radius 3 is 2.41 bits per heavy atom. The summed E-state index contributed by atoms with van der Waals surface area (Å²) in [7, 11) is 0. The zero-order valence-corrected chi connectivity index (χ0v) is 10.4. The van der Waals surface area contributed by atoms with Crippen LogP contribution in [0.4, 0.5) is 8.78 Å². The number of carbonyl (C=O) groups is 1. The molecule has 0 spiro atoms. The van der Waals surface area contributed by atoms with E-state index in [0.717, 1.165) is 6.07 Å². The lowest BCUT2D eigenvalue weighted by Crippen LogP contribution is -2.24. The lowest BCUT2D eigenvalue weighted by molar-refractivity contribution is 0.00272. The van der Waals surface area contributed by atoms with Gasteiger partial charge in [0.25, 0.3) is 0 Å². The number of hydrogen-bond acceptors (Lipinski definition) is 2. The van der Waals surface area contributed by atoms with Gasteiger partial charge in [-0.15, -0.1) is 0 Å². The second-order valence-electron chi connectivity index (χ2n) is 4.88. The van der Waals surface area contributed by atoms with Crippen molar-refractivity contribution in [3.8, 4) is 0 Å². The number of ether oxygens (including phenoxy) is 1. The summed E-state index contributed by atoms with van der Waals surface area (Å²) in [6.45, 7) is 6.45. The summed E-state index contributed by atoms with van der Waals surface area (Å²) < 4.78 is 32.2. The Morgan fingerprint density at radius 1 is 1.29 bits per heavy atom. The van der Waals surface area contributed by atoms with Crippen molar-refractivity contribution in [3.63, 3.8) is 0 Å². The molecule has 0 aliphatic heterocycles. The Labute approximate surface area is 99.6 Å². The van der Waals surface area contributed by atoms with Gasteiger partial charge in [-0.05, 0) is 39.3 Å². The Hall–Kier alpha value is -1.29. The molecule has 0 unspecified atom stereocenters. The number of carbonyl (C=O) groups excluding carboxylic acids is 1. The van der Waals surface area contributed by atoms with Crippen LogP contribution in [0.15, 0.2) is 12.1 Å². The number of rotatable bonds is 3. The SMILES string of the molecule is Cc1ccc(F)c(C(=O)COC(C)(C)C)c1F. The van der Waals surface area contributed by atoms with Gasteiger partial charge < -0.3 is 4.74 Å². The van der Waals surface area contributed by atoms with E-state index in [9.17, 15) is 13.6 Å². The minimum absolute atomic E-state index is 0.241. The van der Waals surface area contributed by atoms with Crippen LogP contribution in [-0.2, 0) is 4.74 Å².